The van der Waals surface area contributed by atoms with E-state index in [4.69, 9.17) is 19.4 Å². The fourth-order valence-corrected chi connectivity index (χ4v) is 3.63. The SMILES string of the molecule is COCCNC(=O)CC1CN(CC2CCOCC2)Cc2ccnn21.O=C(O)C(F)(F)F. The number of amides is 1. The van der Waals surface area contributed by atoms with Gasteiger partial charge in [0.05, 0.1) is 24.8 Å². The molecule has 0 aromatic carbocycles. The number of carboxylic acid groups (broad SMARTS) is 1. The predicted molar refractivity (Wildman–Crippen MR) is 103 cm³/mol. The van der Waals surface area contributed by atoms with Gasteiger partial charge < -0.3 is 19.9 Å². The van der Waals surface area contributed by atoms with Crippen molar-refractivity contribution in [2.45, 2.75) is 38.0 Å². The van der Waals surface area contributed by atoms with Crippen molar-refractivity contribution >= 4 is 11.9 Å². The summed E-state index contributed by atoms with van der Waals surface area (Å²) >= 11 is 0. The summed E-state index contributed by atoms with van der Waals surface area (Å²) in [5, 5.41) is 14.5. The second kappa shape index (κ2) is 12.0. The van der Waals surface area contributed by atoms with Gasteiger partial charge in [0.15, 0.2) is 0 Å². The van der Waals surface area contributed by atoms with Crippen molar-refractivity contribution in [3.63, 3.8) is 0 Å². The lowest BCUT2D eigenvalue weighted by Gasteiger charge is -2.36. The van der Waals surface area contributed by atoms with E-state index in [2.05, 4.69) is 21.4 Å². The van der Waals surface area contributed by atoms with E-state index in [1.54, 1.807) is 7.11 Å². The smallest absolute Gasteiger partial charge is 0.475 e. The lowest BCUT2D eigenvalue weighted by molar-refractivity contribution is -0.192. The van der Waals surface area contributed by atoms with Crippen LogP contribution in [0.1, 0.15) is 31.0 Å². The zero-order valence-corrected chi connectivity index (χ0v) is 17.4. The first kappa shape index (κ1) is 25.1. The average molecular weight is 450 g/mol. The number of rotatable bonds is 7. The van der Waals surface area contributed by atoms with Gasteiger partial charge in [0.1, 0.15) is 0 Å². The first-order chi connectivity index (χ1) is 14.7. The molecule has 0 spiro atoms. The Morgan fingerprint density at radius 3 is 2.65 bits per heavy atom. The molecule has 1 saturated heterocycles. The second-order valence-corrected chi connectivity index (χ2v) is 7.52. The number of carbonyl (C=O) groups is 2. The van der Waals surface area contributed by atoms with Gasteiger partial charge in [-0.15, -0.1) is 0 Å². The maximum atomic E-state index is 12.2. The van der Waals surface area contributed by atoms with Crippen LogP contribution < -0.4 is 5.32 Å². The average Bonchev–Trinajstić information content (AvgIpc) is 3.18. The van der Waals surface area contributed by atoms with E-state index in [1.807, 2.05) is 10.9 Å². The largest absolute Gasteiger partial charge is 0.490 e. The van der Waals surface area contributed by atoms with Crippen LogP contribution in [0.15, 0.2) is 12.3 Å². The van der Waals surface area contributed by atoms with Crippen molar-refractivity contribution in [1.82, 2.24) is 20.0 Å². The Labute approximate surface area is 178 Å². The summed E-state index contributed by atoms with van der Waals surface area (Å²) in [5.41, 5.74) is 1.20. The molecule has 0 bridgehead atoms. The van der Waals surface area contributed by atoms with E-state index in [1.165, 1.54) is 5.69 Å². The molecule has 3 rings (SSSR count). The lowest BCUT2D eigenvalue weighted by Crippen LogP contribution is -2.42. The summed E-state index contributed by atoms with van der Waals surface area (Å²) < 4.78 is 44.2. The van der Waals surface area contributed by atoms with Crippen LogP contribution in [0.3, 0.4) is 0 Å². The third-order valence-corrected chi connectivity index (χ3v) is 5.10. The first-order valence-electron chi connectivity index (χ1n) is 10.1. The molecule has 1 atom stereocenters. The molecule has 0 aliphatic carbocycles. The monoisotopic (exact) mass is 450 g/mol. The van der Waals surface area contributed by atoms with Gasteiger partial charge in [0, 0.05) is 52.7 Å². The highest BCUT2D eigenvalue weighted by Crippen LogP contribution is 2.25. The molecule has 31 heavy (non-hydrogen) atoms. The molecule has 3 heterocycles. The summed E-state index contributed by atoms with van der Waals surface area (Å²) in [5.74, 6) is -2.00. The number of ether oxygens (including phenoxy) is 2. The zero-order chi connectivity index (χ0) is 22.9. The highest BCUT2D eigenvalue weighted by Gasteiger charge is 2.38. The Balaban J connectivity index is 0.000000423. The third kappa shape index (κ3) is 8.46. The molecule has 0 radical (unpaired) electrons. The molecule has 1 aromatic rings. The van der Waals surface area contributed by atoms with Crippen molar-refractivity contribution in [2.24, 2.45) is 5.92 Å². The number of aliphatic carboxylic acids is 1. The fourth-order valence-electron chi connectivity index (χ4n) is 3.63. The molecule has 176 valence electrons. The molecule has 2 aliphatic heterocycles. The van der Waals surface area contributed by atoms with Gasteiger partial charge in [-0.2, -0.15) is 18.3 Å². The van der Waals surface area contributed by atoms with Gasteiger partial charge in [-0.25, -0.2) is 4.79 Å². The van der Waals surface area contributed by atoms with Crippen LogP contribution in [0.2, 0.25) is 0 Å². The number of hydrogen-bond donors (Lipinski definition) is 2. The molecule has 1 unspecified atom stereocenters. The minimum atomic E-state index is -5.08. The summed E-state index contributed by atoms with van der Waals surface area (Å²) in [6, 6.07) is 2.16. The summed E-state index contributed by atoms with van der Waals surface area (Å²) in [6.45, 7) is 5.72. The molecular weight excluding hydrogens is 421 g/mol. The molecule has 0 saturated carbocycles. The van der Waals surface area contributed by atoms with E-state index in [0.717, 1.165) is 45.7 Å². The predicted octanol–water partition coefficient (Wildman–Crippen LogP) is 1.45. The number of carbonyl (C=O) groups excluding carboxylic acids is 1. The maximum Gasteiger partial charge on any atom is 0.490 e. The standard InChI is InChI=1S/C17H28N4O3.C2HF3O2/c1-23-9-6-18-17(22)10-16-13-20(11-14-3-7-24-8-4-14)12-15-2-5-19-21(15)16;3-2(4,5)1(6)7/h2,5,14,16H,3-4,6-13H2,1H3,(H,18,22);(H,6,7). The van der Waals surface area contributed by atoms with Crippen molar-refractivity contribution < 1.29 is 37.3 Å². The summed E-state index contributed by atoms with van der Waals surface area (Å²) in [7, 11) is 1.64. The molecule has 2 N–H and O–H groups in total. The van der Waals surface area contributed by atoms with Gasteiger partial charge in [-0.3, -0.25) is 14.4 Å². The number of carboxylic acids is 1. The van der Waals surface area contributed by atoms with Gasteiger partial charge >= 0.3 is 12.1 Å². The van der Waals surface area contributed by atoms with Gasteiger partial charge in [0.2, 0.25) is 5.91 Å². The second-order valence-electron chi connectivity index (χ2n) is 7.52. The number of nitrogens with one attached hydrogen (secondary N) is 1. The number of fused-ring (bicyclic) bond motifs is 1. The number of halogens is 3. The fraction of sp³-hybridized carbons (Fsp3) is 0.737. The molecule has 12 heteroatoms. The van der Waals surface area contributed by atoms with Crippen LogP contribution >= 0.6 is 0 Å². The summed E-state index contributed by atoms with van der Waals surface area (Å²) in [4.78, 5) is 23.5. The van der Waals surface area contributed by atoms with Crippen LogP contribution in [-0.4, -0.2) is 84.4 Å². The van der Waals surface area contributed by atoms with E-state index >= 15 is 0 Å². The first-order valence-corrected chi connectivity index (χ1v) is 10.1. The number of nitrogens with zero attached hydrogens (tertiary/aromatic N) is 3. The van der Waals surface area contributed by atoms with E-state index in [9.17, 15) is 18.0 Å². The quantitative estimate of drug-likeness (QED) is 0.606. The molecule has 1 fully saturated rings. The zero-order valence-electron chi connectivity index (χ0n) is 17.4. The van der Waals surface area contributed by atoms with Crippen molar-refractivity contribution in [1.29, 1.82) is 0 Å². The number of methoxy groups -OCH3 is 1. The summed E-state index contributed by atoms with van der Waals surface area (Å²) in [6.07, 6.45) is -0.512. The van der Waals surface area contributed by atoms with Gasteiger partial charge in [-0.05, 0) is 24.8 Å². The molecule has 9 nitrogen and oxygen atoms in total. The van der Waals surface area contributed by atoms with Crippen LogP contribution in [0.25, 0.3) is 0 Å². The Hall–Kier alpha value is -2.18. The van der Waals surface area contributed by atoms with Crippen LogP contribution in [-0.2, 0) is 25.6 Å². The normalized spacial score (nSPS) is 19.8. The Bertz CT molecular complexity index is 707. The third-order valence-electron chi connectivity index (χ3n) is 5.10. The van der Waals surface area contributed by atoms with E-state index in [0.29, 0.717) is 25.5 Å². The van der Waals surface area contributed by atoms with Crippen molar-refractivity contribution in [3.8, 4) is 0 Å². The molecule has 2 aliphatic rings. The van der Waals surface area contributed by atoms with Gasteiger partial charge in [0.25, 0.3) is 0 Å². The van der Waals surface area contributed by atoms with E-state index < -0.39 is 12.1 Å². The van der Waals surface area contributed by atoms with Gasteiger partial charge in [-0.1, -0.05) is 0 Å². The Morgan fingerprint density at radius 2 is 2.03 bits per heavy atom. The topological polar surface area (TPSA) is 106 Å². The highest BCUT2D eigenvalue weighted by molar-refractivity contribution is 5.76. The number of alkyl halides is 3. The molecular formula is C19H29F3N4O5. The Morgan fingerprint density at radius 1 is 1.35 bits per heavy atom. The number of aromatic nitrogens is 2. The van der Waals surface area contributed by atoms with Crippen LogP contribution in [0.5, 0.6) is 0 Å². The molecule has 1 aromatic heterocycles. The minimum Gasteiger partial charge on any atom is -0.475 e. The van der Waals surface area contributed by atoms with E-state index in [-0.39, 0.29) is 11.9 Å². The minimum absolute atomic E-state index is 0.0615. The highest BCUT2D eigenvalue weighted by atomic mass is 19.4. The molecule has 1 amide bonds. The van der Waals surface area contributed by atoms with Crippen molar-refractivity contribution in [3.05, 3.63) is 18.0 Å². The maximum absolute atomic E-state index is 12.2. The lowest BCUT2D eigenvalue weighted by atomic mass is 9.98. The van der Waals surface area contributed by atoms with Crippen molar-refractivity contribution in [2.75, 3.05) is 46.6 Å². The Kier molecular flexibility index (Phi) is 9.72. The number of hydrogen-bond acceptors (Lipinski definition) is 6. The van der Waals surface area contributed by atoms with Crippen LogP contribution in [0, 0.1) is 5.92 Å². The van der Waals surface area contributed by atoms with Crippen LogP contribution in [0.4, 0.5) is 13.2 Å².